The Morgan fingerprint density at radius 2 is 2.26 bits per heavy atom. The standard InChI is InChI=1S/C16H26N4O3/c1-11(22-3)16-17-15(23-18-16)10-19-8-4-5-14(19)9-20(12(2)21)13-6-7-13/h11,13-14H,4-10H2,1-3H3/t11-,14+/m0/s1. The molecule has 1 aromatic rings. The van der Waals surface area contributed by atoms with Crippen LogP contribution in [0.25, 0.3) is 0 Å². The van der Waals surface area contributed by atoms with Crippen molar-refractivity contribution >= 4 is 5.91 Å². The largest absolute Gasteiger partial charge is 0.374 e. The SMILES string of the molecule is CO[C@@H](C)c1noc(CN2CCC[C@@H]2CN(C(C)=O)C2CC2)n1. The fourth-order valence-corrected chi connectivity index (χ4v) is 3.23. The summed E-state index contributed by atoms with van der Waals surface area (Å²) in [5.41, 5.74) is 0. The lowest BCUT2D eigenvalue weighted by molar-refractivity contribution is -0.130. The molecule has 128 valence electrons. The summed E-state index contributed by atoms with van der Waals surface area (Å²) in [6.07, 6.45) is 4.40. The van der Waals surface area contributed by atoms with Crippen molar-refractivity contribution in [3.05, 3.63) is 11.7 Å². The Balaban J connectivity index is 1.60. The number of carbonyl (C=O) groups is 1. The lowest BCUT2D eigenvalue weighted by Crippen LogP contribution is -2.43. The first kappa shape index (κ1) is 16.4. The van der Waals surface area contributed by atoms with Crippen molar-refractivity contribution in [3.8, 4) is 0 Å². The molecule has 2 aliphatic rings. The van der Waals surface area contributed by atoms with Crippen LogP contribution in [0.4, 0.5) is 0 Å². The van der Waals surface area contributed by atoms with E-state index < -0.39 is 0 Å². The molecular weight excluding hydrogens is 296 g/mol. The second-order valence-electron chi connectivity index (χ2n) is 6.59. The minimum absolute atomic E-state index is 0.162. The third kappa shape index (κ3) is 3.90. The number of rotatable bonds is 7. The fraction of sp³-hybridized carbons (Fsp3) is 0.812. The van der Waals surface area contributed by atoms with Gasteiger partial charge in [-0.2, -0.15) is 4.98 Å². The van der Waals surface area contributed by atoms with Gasteiger partial charge in [0, 0.05) is 32.7 Å². The van der Waals surface area contributed by atoms with Gasteiger partial charge in [-0.3, -0.25) is 9.69 Å². The van der Waals surface area contributed by atoms with E-state index in [1.54, 1.807) is 14.0 Å². The van der Waals surface area contributed by atoms with E-state index >= 15 is 0 Å². The zero-order chi connectivity index (χ0) is 16.4. The van der Waals surface area contributed by atoms with Crippen LogP contribution in [-0.4, -0.2) is 58.1 Å². The number of aromatic nitrogens is 2. The first-order valence-corrected chi connectivity index (χ1v) is 8.45. The smallest absolute Gasteiger partial charge is 0.240 e. The van der Waals surface area contributed by atoms with E-state index in [0.29, 0.717) is 30.3 Å². The van der Waals surface area contributed by atoms with Crippen LogP contribution >= 0.6 is 0 Å². The Kier molecular flexibility index (Phi) is 4.96. The molecular formula is C16H26N4O3. The number of carbonyl (C=O) groups excluding carboxylic acids is 1. The molecule has 1 aliphatic heterocycles. The van der Waals surface area contributed by atoms with Gasteiger partial charge in [0.25, 0.3) is 0 Å². The maximum Gasteiger partial charge on any atom is 0.240 e. The molecule has 1 aromatic heterocycles. The molecule has 2 heterocycles. The summed E-state index contributed by atoms with van der Waals surface area (Å²) >= 11 is 0. The number of methoxy groups -OCH3 is 1. The van der Waals surface area contributed by atoms with E-state index in [1.165, 1.54) is 0 Å². The van der Waals surface area contributed by atoms with Crippen molar-refractivity contribution in [2.75, 3.05) is 20.2 Å². The quantitative estimate of drug-likeness (QED) is 0.761. The van der Waals surface area contributed by atoms with Crippen LogP contribution in [-0.2, 0) is 16.1 Å². The van der Waals surface area contributed by atoms with Crippen molar-refractivity contribution < 1.29 is 14.1 Å². The van der Waals surface area contributed by atoms with Crippen molar-refractivity contribution in [2.24, 2.45) is 0 Å². The maximum absolute atomic E-state index is 11.8. The normalized spacial score (nSPS) is 23.2. The van der Waals surface area contributed by atoms with Crippen LogP contribution in [0.3, 0.4) is 0 Å². The van der Waals surface area contributed by atoms with Crippen molar-refractivity contribution in [1.82, 2.24) is 19.9 Å². The highest BCUT2D eigenvalue weighted by atomic mass is 16.5. The van der Waals surface area contributed by atoms with Crippen molar-refractivity contribution in [3.63, 3.8) is 0 Å². The molecule has 7 heteroatoms. The van der Waals surface area contributed by atoms with E-state index in [9.17, 15) is 4.79 Å². The zero-order valence-corrected chi connectivity index (χ0v) is 14.2. The lowest BCUT2D eigenvalue weighted by Gasteiger charge is -2.29. The van der Waals surface area contributed by atoms with Gasteiger partial charge in [-0.05, 0) is 39.2 Å². The van der Waals surface area contributed by atoms with Gasteiger partial charge in [0.2, 0.25) is 11.8 Å². The molecule has 0 unspecified atom stereocenters. The molecule has 0 bridgehead atoms. The fourth-order valence-electron chi connectivity index (χ4n) is 3.23. The summed E-state index contributed by atoms with van der Waals surface area (Å²) in [6.45, 7) is 6.04. The second-order valence-corrected chi connectivity index (χ2v) is 6.59. The van der Waals surface area contributed by atoms with Crippen LogP contribution in [0.2, 0.25) is 0 Å². The minimum atomic E-state index is -0.162. The van der Waals surface area contributed by atoms with Gasteiger partial charge in [-0.1, -0.05) is 5.16 Å². The van der Waals surface area contributed by atoms with Gasteiger partial charge in [0.1, 0.15) is 6.10 Å². The predicted molar refractivity (Wildman–Crippen MR) is 83.6 cm³/mol. The average Bonchev–Trinajstić information content (AvgIpc) is 3.10. The Morgan fingerprint density at radius 1 is 1.48 bits per heavy atom. The molecule has 1 saturated heterocycles. The van der Waals surface area contributed by atoms with Gasteiger partial charge in [-0.15, -0.1) is 0 Å². The van der Waals surface area contributed by atoms with E-state index in [4.69, 9.17) is 9.26 Å². The third-order valence-electron chi connectivity index (χ3n) is 4.84. The molecule has 2 fully saturated rings. The number of amides is 1. The van der Waals surface area contributed by atoms with Crippen molar-refractivity contribution in [1.29, 1.82) is 0 Å². The van der Waals surface area contributed by atoms with Crippen LogP contribution < -0.4 is 0 Å². The Labute approximate surface area is 137 Å². The summed E-state index contributed by atoms with van der Waals surface area (Å²) in [6, 6.07) is 0.849. The molecule has 7 nitrogen and oxygen atoms in total. The molecule has 0 radical (unpaired) electrons. The number of hydrogen-bond acceptors (Lipinski definition) is 6. The number of likely N-dealkylation sites (tertiary alicyclic amines) is 1. The maximum atomic E-state index is 11.8. The average molecular weight is 322 g/mol. The van der Waals surface area contributed by atoms with Gasteiger partial charge in [0.15, 0.2) is 5.82 Å². The Bertz CT molecular complexity index is 543. The zero-order valence-electron chi connectivity index (χ0n) is 14.2. The predicted octanol–water partition coefficient (Wildman–Crippen LogP) is 1.75. The topological polar surface area (TPSA) is 71.7 Å². The van der Waals surface area contributed by atoms with Gasteiger partial charge < -0.3 is 14.2 Å². The highest BCUT2D eigenvalue weighted by Gasteiger charge is 2.35. The molecule has 0 spiro atoms. The molecule has 2 atom stereocenters. The summed E-state index contributed by atoms with van der Waals surface area (Å²) in [5.74, 6) is 1.39. The highest BCUT2D eigenvalue weighted by molar-refractivity contribution is 5.74. The first-order valence-electron chi connectivity index (χ1n) is 8.45. The van der Waals surface area contributed by atoms with Crippen LogP contribution in [0.15, 0.2) is 4.52 Å². The minimum Gasteiger partial charge on any atom is -0.374 e. The van der Waals surface area contributed by atoms with Crippen LogP contribution in [0.1, 0.15) is 57.3 Å². The first-order chi connectivity index (χ1) is 11.1. The molecule has 23 heavy (non-hydrogen) atoms. The summed E-state index contributed by atoms with van der Waals surface area (Å²) in [4.78, 5) is 20.6. The van der Waals surface area contributed by atoms with Gasteiger partial charge >= 0.3 is 0 Å². The van der Waals surface area contributed by atoms with Gasteiger partial charge in [0.05, 0.1) is 6.54 Å². The number of nitrogens with zero attached hydrogens (tertiary/aromatic N) is 4. The molecule has 1 saturated carbocycles. The molecule has 0 N–H and O–H groups in total. The number of hydrogen-bond donors (Lipinski definition) is 0. The Morgan fingerprint density at radius 3 is 2.91 bits per heavy atom. The Hall–Kier alpha value is -1.47. The highest BCUT2D eigenvalue weighted by Crippen LogP contribution is 2.29. The van der Waals surface area contributed by atoms with Crippen LogP contribution in [0.5, 0.6) is 0 Å². The van der Waals surface area contributed by atoms with Gasteiger partial charge in [-0.25, -0.2) is 0 Å². The summed E-state index contributed by atoms with van der Waals surface area (Å²) in [7, 11) is 1.63. The van der Waals surface area contributed by atoms with Crippen molar-refractivity contribution in [2.45, 2.75) is 64.3 Å². The number of ether oxygens (including phenoxy) is 1. The summed E-state index contributed by atoms with van der Waals surface area (Å²) < 4.78 is 10.6. The monoisotopic (exact) mass is 322 g/mol. The lowest BCUT2D eigenvalue weighted by atomic mass is 10.2. The third-order valence-corrected chi connectivity index (χ3v) is 4.84. The molecule has 3 rings (SSSR count). The van der Waals surface area contributed by atoms with Crippen LogP contribution in [0, 0.1) is 0 Å². The van der Waals surface area contributed by atoms with E-state index in [-0.39, 0.29) is 12.0 Å². The molecule has 1 amide bonds. The van der Waals surface area contributed by atoms with E-state index in [2.05, 4.69) is 15.0 Å². The second kappa shape index (κ2) is 6.97. The van der Waals surface area contributed by atoms with E-state index in [0.717, 1.165) is 38.8 Å². The molecule has 1 aliphatic carbocycles. The van der Waals surface area contributed by atoms with E-state index in [1.807, 2.05) is 11.8 Å². The molecule has 0 aromatic carbocycles. The summed E-state index contributed by atoms with van der Waals surface area (Å²) in [5, 5.41) is 3.98.